The second-order valence-corrected chi connectivity index (χ2v) is 3.36. The first-order valence-electron chi connectivity index (χ1n) is 4.61. The van der Waals surface area contributed by atoms with Crippen LogP contribution in [-0.2, 0) is 4.74 Å². The quantitative estimate of drug-likeness (QED) is 0.572. The third kappa shape index (κ3) is 1.87. The highest BCUT2D eigenvalue weighted by Crippen LogP contribution is 2.29. The monoisotopic (exact) mass is 226 g/mol. The van der Waals surface area contributed by atoms with Crippen molar-refractivity contribution in [2.75, 3.05) is 18.9 Å². The molecule has 1 saturated heterocycles. The van der Waals surface area contributed by atoms with Gasteiger partial charge in [0.05, 0.1) is 18.1 Å². The molecule has 0 atom stereocenters. The number of anilines is 1. The van der Waals surface area contributed by atoms with Crippen LogP contribution in [0.2, 0.25) is 0 Å². The van der Waals surface area contributed by atoms with E-state index in [0.717, 1.165) is 0 Å². The Hall–Kier alpha value is -1.96. The van der Waals surface area contributed by atoms with Crippen molar-refractivity contribution < 1.29 is 14.4 Å². The van der Waals surface area contributed by atoms with Crippen LogP contribution in [0.25, 0.3) is 0 Å². The normalized spacial score (nSPS) is 15.6. The summed E-state index contributed by atoms with van der Waals surface area (Å²) in [5, 5.41) is 10.8. The highest BCUT2D eigenvalue weighted by Gasteiger charge is 2.28. The van der Waals surface area contributed by atoms with Crippen LogP contribution in [0.4, 0.5) is 11.6 Å². The van der Waals surface area contributed by atoms with Crippen molar-refractivity contribution in [2.24, 2.45) is 0 Å². The predicted molar refractivity (Wildman–Crippen MR) is 53.1 cm³/mol. The average molecular weight is 226 g/mol. The number of nitrogen functional groups attached to an aromatic ring is 1. The Morgan fingerprint density at radius 3 is 2.75 bits per heavy atom. The van der Waals surface area contributed by atoms with E-state index in [9.17, 15) is 10.1 Å². The van der Waals surface area contributed by atoms with E-state index >= 15 is 0 Å². The minimum atomic E-state index is -0.580. The van der Waals surface area contributed by atoms with E-state index in [1.807, 2.05) is 0 Å². The molecule has 2 N–H and O–H groups in total. The van der Waals surface area contributed by atoms with Crippen molar-refractivity contribution in [3.63, 3.8) is 0 Å². The zero-order valence-corrected chi connectivity index (χ0v) is 8.54. The number of aryl methyl sites for hydroxylation is 1. The van der Waals surface area contributed by atoms with Crippen molar-refractivity contribution in [2.45, 2.75) is 13.0 Å². The molecule has 0 radical (unpaired) electrons. The lowest BCUT2D eigenvalue weighted by Crippen LogP contribution is -2.39. The number of ether oxygens (including phenoxy) is 2. The van der Waals surface area contributed by atoms with Gasteiger partial charge in [0.2, 0.25) is 5.95 Å². The van der Waals surface area contributed by atoms with E-state index in [1.165, 1.54) is 6.92 Å². The van der Waals surface area contributed by atoms with Gasteiger partial charge in [0.25, 0.3) is 5.88 Å². The summed E-state index contributed by atoms with van der Waals surface area (Å²) in [5.74, 6) is -0.137. The molecule has 1 aliphatic heterocycles. The molecule has 2 heterocycles. The molecule has 86 valence electrons. The molecule has 0 aliphatic carbocycles. The third-order valence-electron chi connectivity index (χ3n) is 2.11. The molecule has 0 unspecified atom stereocenters. The molecule has 1 aliphatic rings. The fraction of sp³-hybridized carbons (Fsp3) is 0.500. The number of aromatic nitrogens is 2. The molecular formula is C8H10N4O4. The van der Waals surface area contributed by atoms with E-state index < -0.39 is 4.92 Å². The molecule has 0 spiro atoms. The molecule has 0 aromatic carbocycles. The van der Waals surface area contributed by atoms with Gasteiger partial charge in [-0.1, -0.05) is 0 Å². The minimum absolute atomic E-state index is 0.0432. The van der Waals surface area contributed by atoms with Gasteiger partial charge < -0.3 is 15.2 Å². The Labute approximate surface area is 90.5 Å². The summed E-state index contributed by atoms with van der Waals surface area (Å²) in [6.07, 6.45) is -0.201. The lowest BCUT2D eigenvalue weighted by molar-refractivity contribution is -0.387. The lowest BCUT2D eigenvalue weighted by atomic mass is 10.3. The van der Waals surface area contributed by atoms with E-state index in [1.54, 1.807) is 0 Å². The number of nitrogens with zero attached hydrogens (tertiary/aromatic N) is 3. The van der Waals surface area contributed by atoms with Gasteiger partial charge in [-0.2, -0.15) is 4.98 Å². The predicted octanol–water partition coefficient (Wildman–Crippen LogP) is 0.0530. The largest absolute Gasteiger partial charge is 0.464 e. The third-order valence-corrected chi connectivity index (χ3v) is 2.11. The summed E-state index contributed by atoms with van der Waals surface area (Å²) in [4.78, 5) is 17.7. The highest BCUT2D eigenvalue weighted by molar-refractivity contribution is 5.47. The van der Waals surface area contributed by atoms with Crippen molar-refractivity contribution >= 4 is 11.6 Å². The van der Waals surface area contributed by atoms with Crippen LogP contribution in [0, 0.1) is 17.0 Å². The average Bonchev–Trinajstić information content (AvgIpc) is 2.09. The molecule has 8 heteroatoms. The Bertz CT molecular complexity index is 432. The molecule has 0 saturated carbocycles. The summed E-state index contributed by atoms with van der Waals surface area (Å²) in [7, 11) is 0. The van der Waals surface area contributed by atoms with Crippen molar-refractivity contribution in [1.29, 1.82) is 0 Å². The smallest absolute Gasteiger partial charge is 0.352 e. The van der Waals surface area contributed by atoms with Crippen LogP contribution < -0.4 is 10.5 Å². The number of hydrogen-bond donors (Lipinski definition) is 1. The summed E-state index contributed by atoms with van der Waals surface area (Å²) in [6.45, 7) is 2.29. The SMILES string of the molecule is Cc1nc(N)nc(OC2COC2)c1[N+](=O)[O-]. The maximum Gasteiger partial charge on any atom is 0.352 e. The van der Waals surface area contributed by atoms with Crippen LogP contribution in [0.3, 0.4) is 0 Å². The van der Waals surface area contributed by atoms with Gasteiger partial charge in [-0.25, -0.2) is 4.98 Å². The topological polar surface area (TPSA) is 113 Å². The summed E-state index contributed by atoms with van der Waals surface area (Å²) >= 11 is 0. The van der Waals surface area contributed by atoms with Crippen LogP contribution in [0.5, 0.6) is 5.88 Å². The molecular weight excluding hydrogens is 216 g/mol. The molecule has 1 aromatic heterocycles. The van der Waals surface area contributed by atoms with Gasteiger partial charge in [0.1, 0.15) is 11.8 Å². The van der Waals surface area contributed by atoms with Crippen LogP contribution in [0.15, 0.2) is 0 Å². The molecule has 2 rings (SSSR count). The maximum atomic E-state index is 10.8. The number of rotatable bonds is 3. The Kier molecular flexibility index (Phi) is 2.57. The molecule has 8 nitrogen and oxygen atoms in total. The number of nitrogens with two attached hydrogens (primary N) is 1. The Balaban J connectivity index is 2.35. The first-order valence-corrected chi connectivity index (χ1v) is 4.61. The standard InChI is InChI=1S/C8H10N4O4/c1-4-6(12(13)14)7(11-8(9)10-4)16-5-2-15-3-5/h5H,2-3H2,1H3,(H2,9,10,11). The second kappa shape index (κ2) is 3.89. The Morgan fingerprint density at radius 1 is 1.56 bits per heavy atom. The maximum absolute atomic E-state index is 10.8. The van der Waals surface area contributed by atoms with Gasteiger partial charge in [-0.05, 0) is 6.92 Å². The summed E-state index contributed by atoms with van der Waals surface area (Å²) in [6, 6.07) is 0. The summed E-state index contributed by atoms with van der Waals surface area (Å²) < 4.78 is 10.2. The summed E-state index contributed by atoms with van der Waals surface area (Å²) in [5.41, 5.74) is 5.35. The zero-order chi connectivity index (χ0) is 11.7. The van der Waals surface area contributed by atoms with Gasteiger partial charge in [-0.3, -0.25) is 10.1 Å². The van der Waals surface area contributed by atoms with Crippen molar-refractivity contribution in [1.82, 2.24) is 9.97 Å². The first kappa shape index (κ1) is 10.6. The molecule has 1 fully saturated rings. The number of hydrogen-bond acceptors (Lipinski definition) is 7. The fourth-order valence-corrected chi connectivity index (χ4v) is 1.29. The van der Waals surface area contributed by atoms with Gasteiger partial charge in [-0.15, -0.1) is 0 Å². The fourth-order valence-electron chi connectivity index (χ4n) is 1.29. The molecule has 0 bridgehead atoms. The van der Waals surface area contributed by atoms with Crippen LogP contribution in [0.1, 0.15) is 5.69 Å². The van der Waals surface area contributed by atoms with Crippen LogP contribution >= 0.6 is 0 Å². The van der Waals surface area contributed by atoms with Gasteiger partial charge >= 0.3 is 5.69 Å². The molecule has 0 amide bonds. The molecule has 1 aromatic rings. The van der Waals surface area contributed by atoms with Gasteiger partial charge in [0.15, 0.2) is 0 Å². The first-order chi connectivity index (χ1) is 7.58. The molecule has 16 heavy (non-hydrogen) atoms. The van der Waals surface area contributed by atoms with E-state index in [-0.39, 0.29) is 29.3 Å². The van der Waals surface area contributed by atoms with Crippen LogP contribution in [-0.4, -0.2) is 34.2 Å². The van der Waals surface area contributed by atoms with Crippen molar-refractivity contribution in [3.8, 4) is 5.88 Å². The van der Waals surface area contributed by atoms with E-state index in [0.29, 0.717) is 13.2 Å². The minimum Gasteiger partial charge on any atom is -0.464 e. The Morgan fingerprint density at radius 2 is 2.25 bits per heavy atom. The van der Waals surface area contributed by atoms with E-state index in [2.05, 4.69) is 9.97 Å². The lowest BCUT2D eigenvalue weighted by Gasteiger charge is -2.25. The van der Waals surface area contributed by atoms with Crippen molar-refractivity contribution in [3.05, 3.63) is 15.8 Å². The number of nitro groups is 1. The van der Waals surface area contributed by atoms with E-state index in [4.69, 9.17) is 15.2 Å². The second-order valence-electron chi connectivity index (χ2n) is 3.36. The van der Waals surface area contributed by atoms with Gasteiger partial charge in [0, 0.05) is 0 Å². The zero-order valence-electron chi connectivity index (χ0n) is 8.54. The highest BCUT2D eigenvalue weighted by atomic mass is 16.6.